The summed E-state index contributed by atoms with van der Waals surface area (Å²) in [6.07, 6.45) is 3.23. The van der Waals surface area contributed by atoms with E-state index >= 15 is 0 Å². The molecule has 0 bridgehead atoms. The number of ether oxygens (including phenoxy) is 1. The lowest BCUT2D eigenvalue weighted by Gasteiger charge is -2.29. The van der Waals surface area contributed by atoms with E-state index in [1.807, 2.05) is 0 Å². The third kappa shape index (κ3) is 4.65. The number of hydrogen-bond acceptors (Lipinski definition) is 5. The van der Waals surface area contributed by atoms with Crippen LogP contribution in [0, 0.1) is 5.92 Å². The number of piperidine rings is 1. The van der Waals surface area contributed by atoms with Gasteiger partial charge in [0, 0.05) is 13.1 Å². The Kier molecular flexibility index (Phi) is 6.06. The maximum atomic E-state index is 12.0. The number of likely N-dealkylation sites (tertiary alicyclic amines) is 1. The second-order valence-corrected chi connectivity index (χ2v) is 5.79. The van der Waals surface area contributed by atoms with Crippen LogP contribution in [0.25, 0.3) is 0 Å². The van der Waals surface area contributed by atoms with Gasteiger partial charge in [-0.05, 0) is 36.5 Å². The Morgan fingerprint density at radius 3 is 2.42 bits per heavy atom. The molecule has 1 aromatic rings. The van der Waals surface area contributed by atoms with Crippen LogP contribution in [0.4, 0.5) is 0 Å². The van der Waals surface area contributed by atoms with E-state index < -0.39 is 17.8 Å². The highest BCUT2D eigenvalue weighted by Crippen LogP contribution is 2.15. The molecule has 1 aliphatic rings. The first-order valence-electron chi connectivity index (χ1n) is 7.82. The fourth-order valence-electron chi connectivity index (χ4n) is 2.39. The molecule has 7 heteroatoms. The van der Waals surface area contributed by atoms with Gasteiger partial charge < -0.3 is 9.64 Å². The standard InChI is InChI=1S/C17H21N3O4/c1-12-7-9-20(10-8-12)16(22)15(21)19-18-11-13-3-5-14(6-4-13)17(23)24-2/h3-6,11-12H,7-10H2,1-2H3,(H,19,21). The summed E-state index contributed by atoms with van der Waals surface area (Å²) >= 11 is 0. The average Bonchev–Trinajstić information content (AvgIpc) is 2.61. The molecule has 0 unspecified atom stereocenters. The van der Waals surface area contributed by atoms with Crippen molar-refractivity contribution in [2.75, 3.05) is 20.2 Å². The number of nitrogens with one attached hydrogen (secondary N) is 1. The van der Waals surface area contributed by atoms with Crippen molar-refractivity contribution in [1.29, 1.82) is 0 Å². The number of rotatable bonds is 3. The van der Waals surface area contributed by atoms with E-state index in [9.17, 15) is 14.4 Å². The van der Waals surface area contributed by atoms with Gasteiger partial charge >= 0.3 is 17.8 Å². The van der Waals surface area contributed by atoms with E-state index in [1.54, 1.807) is 29.2 Å². The first kappa shape index (κ1) is 17.7. The molecule has 2 amide bonds. The van der Waals surface area contributed by atoms with Crippen molar-refractivity contribution in [1.82, 2.24) is 10.3 Å². The summed E-state index contributed by atoms with van der Waals surface area (Å²) in [4.78, 5) is 36.7. The van der Waals surface area contributed by atoms with Crippen molar-refractivity contribution in [2.24, 2.45) is 11.0 Å². The number of carbonyl (C=O) groups is 3. The quantitative estimate of drug-likeness (QED) is 0.390. The molecule has 1 heterocycles. The number of benzene rings is 1. The van der Waals surface area contributed by atoms with Crippen LogP contribution in [0.15, 0.2) is 29.4 Å². The van der Waals surface area contributed by atoms with Crippen molar-refractivity contribution in [3.63, 3.8) is 0 Å². The summed E-state index contributed by atoms with van der Waals surface area (Å²) in [5, 5.41) is 3.78. The van der Waals surface area contributed by atoms with Gasteiger partial charge in [-0.3, -0.25) is 9.59 Å². The SMILES string of the molecule is COC(=O)c1ccc(C=NNC(=O)C(=O)N2CCC(C)CC2)cc1. The molecule has 24 heavy (non-hydrogen) atoms. The molecule has 128 valence electrons. The van der Waals surface area contributed by atoms with Crippen LogP contribution in [0.1, 0.15) is 35.7 Å². The molecule has 0 saturated carbocycles. The highest BCUT2D eigenvalue weighted by atomic mass is 16.5. The zero-order valence-corrected chi connectivity index (χ0v) is 13.8. The monoisotopic (exact) mass is 331 g/mol. The number of nitrogens with zero attached hydrogens (tertiary/aromatic N) is 2. The fourth-order valence-corrected chi connectivity index (χ4v) is 2.39. The van der Waals surface area contributed by atoms with Crippen LogP contribution in [0.5, 0.6) is 0 Å². The molecule has 0 aromatic heterocycles. The highest BCUT2D eigenvalue weighted by molar-refractivity contribution is 6.35. The molecule has 1 aliphatic heterocycles. The van der Waals surface area contributed by atoms with E-state index in [0.717, 1.165) is 12.8 Å². The lowest BCUT2D eigenvalue weighted by molar-refractivity contribution is -0.146. The molecule has 0 radical (unpaired) electrons. The molecule has 1 fully saturated rings. The van der Waals surface area contributed by atoms with Crippen LogP contribution in [0.2, 0.25) is 0 Å². The molecule has 7 nitrogen and oxygen atoms in total. The summed E-state index contributed by atoms with van der Waals surface area (Å²) in [6, 6.07) is 6.51. The predicted octanol–water partition coefficient (Wildman–Crippen LogP) is 1.18. The molecular weight excluding hydrogens is 310 g/mol. The lowest BCUT2D eigenvalue weighted by atomic mass is 9.99. The Morgan fingerprint density at radius 2 is 1.83 bits per heavy atom. The summed E-state index contributed by atoms with van der Waals surface area (Å²) in [7, 11) is 1.31. The average molecular weight is 331 g/mol. The maximum absolute atomic E-state index is 12.0. The Hall–Kier alpha value is -2.70. The second-order valence-electron chi connectivity index (χ2n) is 5.79. The number of methoxy groups -OCH3 is 1. The third-order valence-electron chi connectivity index (χ3n) is 3.98. The Morgan fingerprint density at radius 1 is 1.21 bits per heavy atom. The van der Waals surface area contributed by atoms with E-state index in [2.05, 4.69) is 22.2 Å². The molecule has 2 rings (SSSR count). The van der Waals surface area contributed by atoms with Crippen LogP contribution >= 0.6 is 0 Å². The summed E-state index contributed by atoms with van der Waals surface area (Å²) in [5.74, 6) is -1.14. The zero-order valence-electron chi connectivity index (χ0n) is 13.8. The first-order valence-corrected chi connectivity index (χ1v) is 7.82. The number of esters is 1. The van der Waals surface area contributed by atoms with Crippen LogP contribution in [-0.2, 0) is 14.3 Å². The maximum Gasteiger partial charge on any atom is 0.337 e. The molecule has 1 aromatic carbocycles. The highest BCUT2D eigenvalue weighted by Gasteiger charge is 2.25. The van der Waals surface area contributed by atoms with Crippen molar-refractivity contribution in [3.05, 3.63) is 35.4 Å². The van der Waals surface area contributed by atoms with Crippen molar-refractivity contribution in [2.45, 2.75) is 19.8 Å². The molecular formula is C17H21N3O4. The summed E-state index contributed by atoms with van der Waals surface area (Å²) < 4.78 is 4.61. The molecule has 1 N–H and O–H groups in total. The number of carbonyl (C=O) groups excluding carboxylic acids is 3. The summed E-state index contributed by atoms with van der Waals surface area (Å²) in [6.45, 7) is 3.34. The largest absolute Gasteiger partial charge is 0.465 e. The first-order chi connectivity index (χ1) is 11.5. The number of amides is 2. The van der Waals surface area contributed by atoms with E-state index in [-0.39, 0.29) is 0 Å². The number of hydrogen-bond donors (Lipinski definition) is 1. The van der Waals surface area contributed by atoms with Crippen LogP contribution in [-0.4, -0.2) is 49.1 Å². The van der Waals surface area contributed by atoms with Crippen molar-refractivity contribution >= 4 is 24.0 Å². The van der Waals surface area contributed by atoms with Crippen LogP contribution < -0.4 is 5.43 Å². The van der Waals surface area contributed by atoms with Gasteiger partial charge in [-0.2, -0.15) is 5.10 Å². The van der Waals surface area contributed by atoms with Gasteiger partial charge in [0.25, 0.3) is 0 Å². The van der Waals surface area contributed by atoms with Crippen molar-refractivity contribution < 1.29 is 19.1 Å². The Bertz CT molecular complexity index is 632. The topological polar surface area (TPSA) is 88.1 Å². The molecule has 0 spiro atoms. The van der Waals surface area contributed by atoms with E-state index in [1.165, 1.54) is 13.3 Å². The van der Waals surface area contributed by atoms with Gasteiger partial charge in [-0.25, -0.2) is 10.2 Å². The molecule has 1 saturated heterocycles. The van der Waals surface area contributed by atoms with Crippen molar-refractivity contribution in [3.8, 4) is 0 Å². The van der Waals surface area contributed by atoms with Gasteiger partial charge in [-0.15, -0.1) is 0 Å². The smallest absolute Gasteiger partial charge is 0.337 e. The minimum absolute atomic E-state index is 0.423. The van der Waals surface area contributed by atoms with Gasteiger partial charge in [0.2, 0.25) is 0 Å². The Balaban J connectivity index is 1.85. The molecule has 0 atom stereocenters. The minimum Gasteiger partial charge on any atom is -0.465 e. The fraction of sp³-hybridized carbons (Fsp3) is 0.412. The number of hydrazone groups is 1. The minimum atomic E-state index is -0.744. The second kappa shape index (κ2) is 8.24. The zero-order chi connectivity index (χ0) is 17.5. The normalized spacial score (nSPS) is 15.3. The predicted molar refractivity (Wildman–Crippen MR) is 88.5 cm³/mol. The Labute approximate surface area is 140 Å². The summed E-state index contributed by atoms with van der Waals surface area (Å²) in [5.41, 5.74) is 3.34. The van der Waals surface area contributed by atoms with Gasteiger partial charge in [-0.1, -0.05) is 19.1 Å². The lowest BCUT2D eigenvalue weighted by Crippen LogP contribution is -2.45. The van der Waals surface area contributed by atoms with E-state index in [4.69, 9.17) is 0 Å². The third-order valence-corrected chi connectivity index (χ3v) is 3.98. The molecule has 0 aliphatic carbocycles. The van der Waals surface area contributed by atoms with E-state index in [0.29, 0.717) is 30.1 Å². The van der Waals surface area contributed by atoms with Gasteiger partial charge in [0.1, 0.15) is 0 Å². The van der Waals surface area contributed by atoms with Gasteiger partial charge in [0.15, 0.2) is 0 Å². The van der Waals surface area contributed by atoms with Crippen LogP contribution in [0.3, 0.4) is 0 Å². The van der Waals surface area contributed by atoms with Gasteiger partial charge in [0.05, 0.1) is 18.9 Å².